The summed E-state index contributed by atoms with van der Waals surface area (Å²) in [6.07, 6.45) is 1.74. The van der Waals surface area contributed by atoms with Gasteiger partial charge in [0.25, 0.3) is 5.56 Å². The van der Waals surface area contributed by atoms with Crippen molar-refractivity contribution in [2.45, 2.75) is 13.5 Å². The van der Waals surface area contributed by atoms with Gasteiger partial charge >= 0.3 is 0 Å². The fraction of sp³-hybridized carbons (Fsp3) is 0.105. The summed E-state index contributed by atoms with van der Waals surface area (Å²) >= 11 is 0. The van der Waals surface area contributed by atoms with Crippen molar-refractivity contribution in [2.24, 2.45) is 0 Å². The van der Waals surface area contributed by atoms with E-state index in [0.29, 0.717) is 12.2 Å². The Morgan fingerprint density at radius 2 is 1.87 bits per heavy atom. The van der Waals surface area contributed by atoms with E-state index in [1.807, 2.05) is 25.1 Å². The molecule has 0 bridgehead atoms. The third-order valence-electron chi connectivity index (χ3n) is 3.57. The SMILES string of the molecule is Cc1cccc(NCc2ccc(=O)n(-c3cccc(F)c3)c2)c1. The molecule has 1 aromatic heterocycles. The minimum atomic E-state index is -0.363. The highest BCUT2D eigenvalue weighted by Crippen LogP contribution is 2.12. The normalized spacial score (nSPS) is 10.5. The molecule has 0 spiro atoms. The van der Waals surface area contributed by atoms with Crippen molar-refractivity contribution in [3.8, 4) is 5.69 Å². The van der Waals surface area contributed by atoms with Gasteiger partial charge in [-0.05, 0) is 48.4 Å². The number of rotatable bonds is 4. The lowest BCUT2D eigenvalue weighted by Gasteiger charge is -2.10. The van der Waals surface area contributed by atoms with Gasteiger partial charge in [0.2, 0.25) is 0 Å². The minimum absolute atomic E-state index is 0.185. The van der Waals surface area contributed by atoms with Crippen molar-refractivity contribution >= 4 is 5.69 Å². The fourth-order valence-electron chi connectivity index (χ4n) is 2.42. The Bertz CT molecular complexity index is 886. The van der Waals surface area contributed by atoms with Crippen molar-refractivity contribution in [3.63, 3.8) is 0 Å². The quantitative estimate of drug-likeness (QED) is 0.793. The third-order valence-corrected chi connectivity index (χ3v) is 3.57. The Hall–Kier alpha value is -2.88. The van der Waals surface area contributed by atoms with Crippen LogP contribution in [0.2, 0.25) is 0 Å². The maximum absolute atomic E-state index is 13.4. The molecule has 116 valence electrons. The van der Waals surface area contributed by atoms with E-state index in [-0.39, 0.29) is 11.4 Å². The van der Waals surface area contributed by atoms with Crippen LogP contribution in [0.25, 0.3) is 5.69 Å². The van der Waals surface area contributed by atoms with E-state index < -0.39 is 0 Å². The molecule has 1 heterocycles. The smallest absolute Gasteiger partial charge is 0.255 e. The average molecular weight is 308 g/mol. The standard InChI is InChI=1S/C19H17FN2O/c1-14-4-2-6-17(10-14)21-12-15-8-9-19(23)22(13-15)18-7-3-5-16(20)11-18/h2-11,13,21H,12H2,1H3. The number of pyridine rings is 1. The maximum Gasteiger partial charge on any atom is 0.255 e. The molecule has 2 aromatic carbocycles. The van der Waals surface area contributed by atoms with E-state index >= 15 is 0 Å². The summed E-state index contributed by atoms with van der Waals surface area (Å²) < 4.78 is 14.8. The number of aromatic nitrogens is 1. The number of anilines is 1. The van der Waals surface area contributed by atoms with Gasteiger partial charge in [-0.3, -0.25) is 9.36 Å². The molecule has 0 amide bonds. The number of halogens is 1. The van der Waals surface area contributed by atoms with E-state index in [2.05, 4.69) is 11.4 Å². The molecule has 0 fully saturated rings. The zero-order chi connectivity index (χ0) is 16.2. The zero-order valence-electron chi connectivity index (χ0n) is 12.8. The number of nitrogens with one attached hydrogen (secondary N) is 1. The molecule has 0 aliphatic carbocycles. The molecule has 0 aliphatic rings. The number of hydrogen-bond donors (Lipinski definition) is 1. The summed E-state index contributed by atoms with van der Waals surface area (Å²) in [5, 5.41) is 3.32. The highest BCUT2D eigenvalue weighted by molar-refractivity contribution is 5.46. The monoisotopic (exact) mass is 308 g/mol. The van der Waals surface area contributed by atoms with Crippen LogP contribution in [0, 0.1) is 12.7 Å². The lowest BCUT2D eigenvalue weighted by atomic mass is 10.2. The van der Waals surface area contributed by atoms with Crippen molar-refractivity contribution in [3.05, 3.63) is 94.2 Å². The zero-order valence-corrected chi connectivity index (χ0v) is 12.8. The van der Waals surface area contributed by atoms with Crippen LogP contribution in [0.1, 0.15) is 11.1 Å². The second-order valence-corrected chi connectivity index (χ2v) is 5.45. The number of aryl methyl sites for hydroxylation is 1. The van der Waals surface area contributed by atoms with Crippen LogP contribution in [0.15, 0.2) is 71.7 Å². The van der Waals surface area contributed by atoms with Crippen LogP contribution in [0.4, 0.5) is 10.1 Å². The first-order valence-electron chi connectivity index (χ1n) is 7.40. The van der Waals surface area contributed by atoms with E-state index in [9.17, 15) is 9.18 Å². The minimum Gasteiger partial charge on any atom is -0.381 e. The number of hydrogen-bond acceptors (Lipinski definition) is 2. The Morgan fingerprint density at radius 3 is 2.65 bits per heavy atom. The van der Waals surface area contributed by atoms with Gasteiger partial charge < -0.3 is 5.32 Å². The average Bonchev–Trinajstić information content (AvgIpc) is 2.54. The van der Waals surface area contributed by atoms with Gasteiger partial charge in [-0.2, -0.15) is 0 Å². The van der Waals surface area contributed by atoms with E-state index in [4.69, 9.17) is 0 Å². The van der Waals surface area contributed by atoms with Crippen LogP contribution in [0.5, 0.6) is 0 Å². The van der Waals surface area contributed by atoms with Gasteiger partial charge in [-0.1, -0.05) is 24.3 Å². The molecule has 4 heteroatoms. The van der Waals surface area contributed by atoms with Crippen LogP contribution < -0.4 is 10.9 Å². The molecule has 0 saturated heterocycles. The largest absolute Gasteiger partial charge is 0.381 e. The van der Waals surface area contributed by atoms with Crippen molar-refractivity contribution < 1.29 is 4.39 Å². The Kier molecular flexibility index (Phi) is 4.24. The predicted molar refractivity (Wildman–Crippen MR) is 90.5 cm³/mol. The van der Waals surface area contributed by atoms with Gasteiger partial charge in [-0.15, -0.1) is 0 Å². The first-order valence-corrected chi connectivity index (χ1v) is 7.40. The van der Waals surface area contributed by atoms with Gasteiger partial charge in [0, 0.05) is 24.5 Å². The first kappa shape index (κ1) is 15.0. The maximum atomic E-state index is 13.4. The molecular formula is C19H17FN2O. The van der Waals surface area contributed by atoms with Gasteiger partial charge in [0.1, 0.15) is 5.82 Å². The number of benzene rings is 2. The van der Waals surface area contributed by atoms with E-state index in [1.54, 1.807) is 24.4 Å². The fourth-order valence-corrected chi connectivity index (χ4v) is 2.42. The highest BCUT2D eigenvalue weighted by Gasteiger charge is 2.03. The Morgan fingerprint density at radius 1 is 1.04 bits per heavy atom. The molecule has 0 unspecified atom stereocenters. The lowest BCUT2D eigenvalue weighted by molar-refractivity contribution is 0.626. The summed E-state index contributed by atoms with van der Waals surface area (Å²) in [6.45, 7) is 2.62. The molecule has 1 N–H and O–H groups in total. The van der Waals surface area contributed by atoms with Crippen molar-refractivity contribution in [2.75, 3.05) is 5.32 Å². The highest BCUT2D eigenvalue weighted by atomic mass is 19.1. The second-order valence-electron chi connectivity index (χ2n) is 5.45. The third kappa shape index (κ3) is 3.66. The summed E-state index contributed by atoms with van der Waals surface area (Å²) in [5.74, 6) is -0.363. The lowest BCUT2D eigenvalue weighted by Crippen LogP contribution is -2.18. The summed E-state index contributed by atoms with van der Waals surface area (Å²) in [7, 11) is 0. The molecule has 0 radical (unpaired) electrons. The molecule has 0 atom stereocenters. The summed E-state index contributed by atoms with van der Waals surface area (Å²) in [6, 6.07) is 17.4. The predicted octanol–water partition coefficient (Wildman–Crippen LogP) is 3.90. The molecule has 0 aliphatic heterocycles. The van der Waals surface area contributed by atoms with Crippen LogP contribution in [-0.2, 0) is 6.54 Å². The number of nitrogens with zero attached hydrogens (tertiary/aromatic N) is 1. The molecule has 3 aromatic rings. The summed E-state index contributed by atoms with van der Waals surface area (Å²) in [5.41, 5.74) is 3.48. The van der Waals surface area contributed by atoms with Crippen molar-refractivity contribution in [1.29, 1.82) is 0 Å². The van der Waals surface area contributed by atoms with Gasteiger partial charge in [0.15, 0.2) is 0 Å². The molecule has 3 nitrogen and oxygen atoms in total. The van der Waals surface area contributed by atoms with Gasteiger partial charge in [0.05, 0.1) is 5.69 Å². The molecule has 0 saturated carbocycles. The van der Waals surface area contributed by atoms with Crippen LogP contribution in [-0.4, -0.2) is 4.57 Å². The molecule has 3 rings (SSSR count). The van der Waals surface area contributed by atoms with Crippen molar-refractivity contribution in [1.82, 2.24) is 4.57 Å². The molecular weight excluding hydrogens is 291 g/mol. The molecule has 23 heavy (non-hydrogen) atoms. The van der Waals surface area contributed by atoms with E-state index in [0.717, 1.165) is 11.3 Å². The topological polar surface area (TPSA) is 34.0 Å². The Balaban J connectivity index is 1.84. The van der Waals surface area contributed by atoms with E-state index in [1.165, 1.54) is 28.3 Å². The summed E-state index contributed by atoms with van der Waals surface area (Å²) in [4.78, 5) is 12.0. The van der Waals surface area contributed by atoms with Crippen LogP contribution >= 0.6 is 0 Å². The van der Waals surface area contributed by atoms with Gasteiger partial charge in [-0.25, -0.2) is 4.39 Å². The second kappa shape index (κ2) is 6.48. The first-order chi connectivity index (χ1) is 11.1. The Labute approximate surface area is 134 Å². The van der Waals surface area contributed by atoms with Crippen LogP contribution in [0.3, 0.4) is 0 Å².